The van der Waals surface area contributed by atoms with Crippen molar-refractivity contribution in [1.29, 1.82) is 0 Å². The van der Waals surface area contributed by atoms with Crippen LogP contribution in [0.1, 0.15) is 19.5 Å². The maximum absolute atomic E-state index is 10.9. The predicted octanol–water partition coefficient (Wildman–Crippen LogP) is 1.12. The van der Waals surface area contributed by atoms with Crippen molar-refractivity contribution in [1.82, 2.24) is 4.98 Å². The molecule has 0 aliphatic carbocycles. The van der Waals surface area contributed by atoms with E-state index < -0.39 is 12.0 Å². The van der Waals surface area contributed by atoms with Crippen LogP contribution in [0.2, 0.25) is 0 Å². The standard InChI is InChI=1S/C9H15N3O2S/c1-5(2)7(8(13)14)12-9-11-6(3-10)4-15-9/h4-5,7H,3,10H2,1-2H3,(H,11,12)(H,13,14). The van der Waals surface area contributed by atoms with Crippen molar-refractivity contribution in [2.75, 3.05) is 5.32 Å². The number of hydrogen-bond donors (Lipinski definition) is 3. The highest BCUT2D eigenvalue weighted by Gasteiger charge is 2.21. The van der Waals surface area contributed by atoms with E-state index in [0.29, 0.717) is 11.7 Å². The lowest BCUT2D eigenvalue weighted by atomic mass is 10.1. The van der Waals surface area contributed by atoms with Crippen molar-refractivity contribution in [2.24, 2.45) is 11.7 Å². The van der Waals surface area contributed by atoms with E-state index in [1.807, 2.05) is 19.2 Å². The van der Waals surface area contributed by atoms with Crippen LogP contribution in [-0.2, 0) is 11.3 Å². The van der Waals surface area contributed by atoms with E-state index in [9.17, 15) is 4.79 Å². The van der Waals surface area contributed by atoms with E-state index in [-0.39, 0.29) is 5.92 Å². The molecule has 1 unspecified atom stereocenters. The zero-order valence-electron chi connectivity index (χ0n) is 8.73. The molecule has 1 atom stereocenters. The molecule has 0 aliphatic rings. The summed E-state index contributed by atoms with van der Waals surface area (Å²) in [4.78, 5) is 15.1. The smallest absolute Gasteiger partial charge is 0.326 e. The van der Waals surface area contributed by atoms with Crippen LogP contribution in [0.25, 0.3) is 0 Å². The fourth-order valence-electron chi connectivity index (χ4n) is 1.11. The summed E-state index contributed by atoms with van der Waals surface area (Å²) in [6, 6.07) is -0.609. The minimum absolute atomic E-state index is 0.00715. The maximum Gasteiger partial charge on any atom is 0.326 e. The Bertz CT molecular complexity index is 338. The Kier molecular flexibility index (Phi) is 4.05. The first-order valence-corrected chi connectivity index (χ1v) is 5.56. The van der Waals surface area contributed by atoms with E-state index in [1.165, 1.54) is 11.3 Å². The largest absolute Gasteiger partial charge is 0.480 e. The highest BCUT2D eigenvalue weighted by molar-refractivity contribution is 7.13. The maximum atomic E-state index is 10.9. The molecule has 84 valence electrons. The molecule has 0 spiro atoms. The van der Waals surface area contributed by atoms with Gasteiger partial charge < -0.3 is 16.2 Å². The second-order valence-electron chi connectivity index (χ2n) is 3.55. The Morgan fingerprint density at radius 2 is 2.40 bits per heavy atom. The molecule has 1 aromatic rings. The van der Waals surface area contributed by atoms with Crippen LogP contribution in [0.15, 0.2) is 5.38 Å². The number of anilines is 1. The Balaban J connectivity index is 2.69. The normalized spacial score (nSPS) is 12.8. The van der Waals surface area contributed by atoms with Crippen LogP contribution in [0.4, 0.5) is 5.13 Å². The number of carbonyl (C=O) groups is 1. The average Bonchev–Trinajstić information content (AvgIpc) is 2.60. The predicted molar refractivity (Wildman–Crippen MR) is 59.9 cm³/mol. The zero-order chi connectivity index (χ0) is 11.4. The lowest BCUT2D eigenvalue weighted by molar-refractivity contribution is -0.138. The quantitative estimate of drug-likeness (QED) is 0.704. The molecule has 0 aromatic carbocycles. The van der Waals surface area contributed by atoms with Gasteiger partial charge in [-0.1, -0.05) is 13.8 Å². The summed E-state index contributed by atoms with van der Waals surface area (Å²) >= 11 is 1.37. The van der Waals surface area contributed by atoms with Gasteiger partial charge >= 0.3 is 5.97 Å². The first kappa shape index (κ1) is 11.9. The van der Waals surface area contributed by atoms with E-state index in [1.54, 1.807) is 0 Å². The summed E-state index contributed by atoms with van der Waals surface area (Å²) in [5.41, 5.74) is 6.19. The Morgan fingerprint density at radius 3 is 2.80 bits per heavy atom. The number of rotatable bonds is 5. The summed E-state index contributed by atoms with van der Waals surface area (Å²) in [5.74, 6) is -0.859. The topological polar surface area (TPSA) is 88.2 Å². The van der Waals surface area contributed by atoms with Crippen molar-refractivity contribution in [3.8, 4) is 0 Å². The first-order valence-electron chi connectivity index (χ1n) is 4.68. The first-order chi connectivity index (χ1) is 7.04. The second-order valence-corrected chi connectivity index (χ2v) is 4.41. The van der Waals surface area contributed by atoms with Gasteiger partial charge in [0.25, 0.3) is 0 Å². The monoisotopic (exact) mass is 229 g/mol. The molecule has 1 aromatic heterocycles. The Labute approximate surface area is 92.3 Å². The number of aromatic nitrogens is 1. The summed E-state index contributed by atoms with van der Waals surface area (Å²) in [6.45, 7) is 4.07. The van der Waals surface area contributed by atoms with Gasteiger partial charge in [0.05, 0.1) is 5.69 Å². The van der Waals surface area contributed by atoms with Gasteiger partial charge in [-0.2, -0.15) is 0 Å². The lowest BCUT2D eigenvalue weighted by Gasteiger charge is -2.16. The van der Waals surface area contributed by atoms with Crippen LogP contribution in [0.5, 0.6) is 0 Å². The van der Waals surface area contributed by atoms with Gasteiger partial charge in [-0.25, -0.2) is 9.78 Å². The van der Waals surface area contributed by atoms with Gasteiger partial charge in [-0.15, -0.1) is 11.3 Å². The summed E-state index contributed by atoms with van der Waals surface area (Å²) in [5, 5.41) is 14.3. The van der Waals surface area contributed by atoms with E-state index in [4.69, 9.17) is 10.8 Å². The van der Waals surface area contributed by atoms with Crippen LogP contribution >= 0.6 is 11.3 Å². The van der Waals surface area contributed by atoms with E-state index in [0.717, 1.165) is 5.69 Å². The van der Waals surface area contributed by atoms with Crippen molar-refractivity contribution in [3.05, 3.63) is 11.1 Å². The number of carboxylic acids is 1. The molecular weight excluding hydrogens is 214 g/mol. The molecule has 0 radical (unpaired) electrons. The summed E-state index contributed by atoms with van der Waals surface area (Å²) in [6.07, 6.45) is 0. The molecule has 4 N–H and O–H groups in total. The molecule has 0 aliphatic heterocycles. The van der Waals surface area contributed by atoms with Crippen molar-refractivity contribution in [2.45, 2.75) is 26.4 Å². The molecule has 1 rings (SSSR count). The number of nitrogens with zero attached hydrogens (tertiary/aromatic N) is 1. The summed E-state index contributed by atoms with van der Waals surface area (Å²) in [7, 11) is 0. The molecule has 15 heavy (non-hydrogen) atoms. The molecule has 0 saturated heterocycles. The van der Waals surface area contributed by atoms with Gasteiger partial charge in [0, 0.05) is 11.9 Å². The van der Waals surface area contributed by atoms with Crippen LogP contribution in [0.3, 0.4) is 0 Å². The third kappa shape index (κ3) is 3.17. The lowest BCUT2D eigenvalue weighted by Crippen LogP contribution is -2.34. The molecule has 0 amide bonds. The molecule has 5 nitrogen and oxygen atoms in total. The van der Waals surface area contributed by atoms with Crippen molar-refractivity contribution in [3.63, 3.8) is 0 Å². The molecule has 0 fully saturated rings. The van der Waals surface area contributed by atoms with Crippen molar-refractivity contribution < 1.29 is 9.90 Å². The fraction of sp³-hybridized carbons (Fsp3) is 0.556. The number of thiazole rings is 1. The van der Waals surface area contributed by atoms with Crippen molar-refractivity contribution >= 4 is 22.4 Å². The van der Waals surface area contributed by atoms with Gasteiger partial charge in [0.1, 0.15) is 6.04 Å². The second kappa shape index (κ2) is 5.09. The van der Waals surface area contributed by atoms with E-state index in [2.05, 4.69) is 10.3 Å². The minimum atomic E-state index is -0.866. The Hall–Kier alpha value is -1.14. The number of hydrogen-bond acceptors (Lipinski definition) is 5. The highest BCUT2D eigenvalue weighted by Crippen LogP contribution is 2.18. The van der Waals surface area contributed by atoms with Gasteiger partial charge in [0.15, 0.2) is 5.13 Å². The van der Waals surface area contributed by atoms with Crippen LogP contribution < -0.4 is 11.1 Å². The SMILES string of the molecule is CC(C)C(Nc1nc(CN)cs1)C(=O)O. The Morgan fingerprint density at radius 1 is 1.73 bits per heavy atom. The fourth-order valence-corrected chi connectivity index (χ4v) is 1.88. The number of nitrogens with one attached hydrogen (secondary N) is 1. The summed E-state index contributed by atoms with van der Waals surface area (Å²) < 4.78 is 0. The molecular formula is C9H15N3O2S. The molecule has 1 heterocycles. The van der Waals surface area contributed by atoms with Gasteiger partial charge in [-0.3, -0.25) is 0 Å². The molecule has 0 bridgehead atoms. The highest BCUT2D eigenvalue weighted by atomic mass is 32.1. The van der Waals surface area contributed by atoms with Gasteiger partial charge in [-0.05, 0) is 5.92 Å². The van der Waals surface area contributed by atoms with E-state index >= 15 is 0 Å². The molecule has 0 saturated carbocycles. The third-order valence-electron chi connectivity index (χ3n) is 1.97. The third-order valence-corrected chi connectivity index (χ3v) is 2.79. The van der Waals surface area contributed by atoms with Crippen LogP contribution in [0, 0.1) is 5.92 Å². The molecule has 6 heteroatoms. The van der Waals surface area contributed by atoms with Gasteiger partial charge in [0.2, 0.25) is 0 Å². The average molecular weight is 229 g/mol. The zero-order valence-corrected chi connectivity index (χ0v) is 9.54. The van der Waals surface area contributed by atoms with Crippen LogP contribution in [-0.4, -0.2) is 22.1 Å². The number of nitrogens with two attached hydrogens (primary N) is 1. The minimum Gasteiger partial charge on any atom is -0.480 e. The number of carboxylic acid groups (broad SMARTS) is 1. The number of aliphatic carboxylic acids is 1.